The van der Waals surface area contributed by atoms with Gasteiger partial charge in [-0.05, 0) is 37.8 Å². The van der Waals surface area contributed by atoms with Crippen molar-refractivity contribution in [3.63, 3.8) is 0 Å². The number of hydrogen-bond acceptors (Lipinski definition) is 6. The van der Waals surface area contributed by atoms with E-state index in [1.165, 1.54) is 6.92 Å². The van der Waals surface area contributed by atoms with Gasteiger partial charge in [-0.1, -0.05) is 57.0 Å². The Balaban J connectivity index is 2.84. The molecule has 0 aliphatic carbocycles. The Labute approximate surface area is 196 Å². The van der Waals surface area contributed by atoms with Gasteiger partial charge in [-0.25, -0.2) is 0 Å². The largest absolute Gasteiger partial charge is 0.345 e. The third kappa shape index (κ3) is 10.1. The normalized spacial score (nSPS) is 15.4. The van der Waals surface area contributed by atoms with Crippen molar-refractivity contribution in [1.29, 1.82) is 0 Å². The quantitative estimate of drug-likeness (QED) is 0.188. The zero-order chi connectivity index (χ0) is 24.8. The van der Waals surface area contributed by atoms with Gasteiger partial charge in [-0.3, -0.25) is 14.4 Å². The maximum absolute atomic E-state index is 13.0. The van der Waals surface area contributed by atoms with E-state index in [4.69, 9.17) is 11.5 Å². The fourth-order valence-electron chi connectivity index (χ4n) is 3.21. The first-order valence-electron chi connectivity index (χ1n) is 11.6. The van der Waals surface area contributed by atoms with Crippen LogP contribution in [-0.4, -0.2) is 54.7 Å². The van der Waals surface area contributed by atoms with Crippen LogP contribution in [-0.2, 0) is 25.6 Å². The maximum atomic E-state index is 13.0. The number of nitrogens with one attached hydrogen (secondary N) is 3. The van der Waals surface area contributed by atoms with E-state index in [1.807, 2.05) is 44.2 Å². The van der Waals surface area contributed by atoms with Crippen LogP contribution in [0.2, 0.25) is 0 Å². The van der Waals surface area contributed by atoms with E-state index in [-0.39, 0.29) is 12.3 Å². The smallest absolute Gasteiger partial charge is 0.243 e. The number of unbranched alkanes of at least 4 members (excludes halogenated alkanes) is 1. The van der Waals surface area contributed by atoms with E-state index in [0.717, 1.165) is 18.4 Å². The van der Waals surface area contributed by atoms with Crippen LogP contribution in [0, 0.1) is 5.92 Å². The first-order chi connectivity index (χ1) is 15.7. The predicted molar refractivity (Wildman–Crippen MR) is 128 cm³/mol. The van der Waals surface area contributed by atoms with Crippen LogP contribution in [0.25, 0.3) is 0 Å². The van der Waals surface area contributed by atoms with E-state index in [9.17, 15) is 19.2 Å². The van der Waals surface area contributed by atoms with Crippen LogP contribution in [0.5, 0.6) is 0 Å². The Bertz CT molecular complexity index is 758. The average molecular weight is 462 g/mol. The van der Waals surface area contributed by atoms with Gasteiger partial charge in [-0.2, -0.15) is 0 Å². The zero-order valence-corrected chi connectivity index (χ0v) is 19.9. The molecule has 0 aliphatic heterocycles. The number of aldehydes is 1. The minimum absolute atomic E-state index is 0.0431. The Morgan fingerprint density at radius 3 is 2.21 bits per heavy atom. The molecule has 0 spiro atoms. The second kappa shape index (κ2) is 15.1. The van der Waals surface area contributed by atoms with Crippen molar-refractivity contribution >= 4 is 24.0 Å². The summed E-state index contributed by atoms with van der Waals surface area (Å²) in [5.41, 5.74) is 12.2. The van der Waals surface area contributed by atoms with Gasteiger partial charge in [0.05, 0.1) is 12.1 Å². The van der Waals surface area contributed by atoms with Crippen molar-refractivity contribution in [2.45, 2.75) is 77.0 Å². The summed E-state index contributed by atoms with van der Waals surface area (Å²) in [6.45, 7) is 5.87. The Kier molecular flexibility index (Phi) is 13.0. The number of hydrogen-bond donors (Lipinski definition) is 5. The van der Waals surface area contributed by atoms with Gasteiger partial charge in [0, 0.05) is 6.42 Å². The summed E-state index contributed by atoms with van der Waals surface area (Å²) in [5.74, 6) is -1.45. The highest BCUT2D eigenvalue weighted by Gasteiger charge is 2.28. The van der Waals surface area contributed by atoms with E-state index in [1.54, 1.807) is 0 Å². The molecule has 3 amide bonds. The maximum Gasteiger partial charge on any atom is 0.243 e. The summed E-state index contributed by atoms with van der Waals surface area (Å²) in [4.78, 5) is 49.5. The molecule has 0 aromatic heterocycles. The van der Waals surface area contributed by atoms with Gasteiger partial charge in [0.1, 0.15) is 18.4 Å². The van der Waals surface area contributed by atoms with Gasteiger partial charge >= 0.3 is 0 Å². The Morgan fingerprint density at radius 1 is 0.970 bits per heavy atom. The molecule has 0 aliphatic rings. The van der Waals surface area contributed by atoms with E-state index < -0.39 is 41.9 Å². The molecule has 0 saturated carbocycles. The second-order valence-corrected chi connectivity index (χ2v) is 8.43. The van der Waals surface area contributed by atoms with Crippen LogP contribution < -0.4 is 27.4 Å². The van der Waals surface area contributed by atoms with Gasteiger partial charge in [0.15, 0.2) is 0 Å². The standard InChI is InChI=1S/C24H39N5O4/c1-4-16(2)21(15-30)29-24(33)20(14-18-10-6-5-7-11-18)28-22(31)17(3)27-23(32)19(26)12-8-9-13-25/h5-7,10-11,15-17,19-21H,4,8-9,12-14,25-26H2,1-3H3,(H,27,32)(H,28,31)(H,29,33). The number of rotatable bonds is 15. The summed E-state index contributed by atoms with van der Waals surface area (Å²) >= 11 is 0. The lowest BCUT2D eigenvalue weighted by atomic mass is 9.99. The molecule has 184 valence electrons. The van der Waals surface area contributed by atoms with Crippen LogP contribution in [0.15, 0.2) is 30.3 Å². The molecule has 9 nitrogen and oxygen atoms in total. The van der Waals surface area contributed by atoms with Gasteiger partial charge in [0.2, 0.25) is 17.7 Å². The highest BCUT2D eigenvalue weighted by molar-refractivity contribution is 5.93. The molecule has 33 heavy (non-hydrogen) atoms. The lowest BCUT2D eigenvalue weighted by Gasteiger charge is -2.25. The molecule has 1 rings (SSSR count). The van der Waals surface area contributed by atoms with Crippen molar-refractivity contribution in [2.75, 3.05) is 6.54 Å². The number of benzene rings is 1. The first-order valence-corrected chi connectivity index (χ1v) is 11.6. The SMILES string of the molecule is CCC(C)C(C=O)NC(=O)C(Cc1ccccc1)NC(=O)C(C)NC(=O)C(N)CCCCN. The van der Waals surface area contributed by atoms with E-state index in [0.29, 0.717) is 25.7 Å². The molecule has 5 atom stereocenters. The van der Waals surface area contributed by atoms with Crippen LogP contribution >= 0.6 is 0 Å². The molecular formula is C24H39N5O4. The molecular weight excluding hydrogens is 422 g/mol. The monoisotopic (exact) mass is 461 g/mol. The fraction of sp³-hybridized carbons (Fsp3) is 0.583. The fourth-order valence-corrected chi connectivity index (χ4v) is 3.21. The first kappa shape index (κ1) is 28.3. The van der Waals surface area contributed by atoms with Crippen molar-refractivity contribution < 1.29 is 19.2 Å². The third-order valence-electron chi connectivity index (χ3n) is 5.69. The highest BCUT2D eigenvalue weighted by Crippen LogP contribution is 2.08. The predicted octanol–water partition coefficient (Wildman–Crippen LogP) is 0.405. The van der Waals surface area contributed by atoms with Crippen molar-refractivity contribution in [3.8, 4) is 0 Å². The molecule has 0 heterocycles. The number of carbonyl (C=O) groups is 4. The van der Waals surface area contributed by atoms with E-state index in [2.05, 4.69) is 16.0 Å². The lowest BCUT2D eigenvalue weighted by Crippen LogP contribution is -2.56. The zero-order valence-electron chi connectivity index (χ0n) is 19.9. The van der Waals surface area contributed by atoms with E-state index >= 15 is 0 Å². The summed E-state index contributed by atoms with van der Waals surface area (Å²) in [7, 11) is 0. The Hall–Kier alpha value is -2.78. The molecule has 7 N–H and O–H groups in total. The summed E-state index contributed by atoms with van der Waals surface area (Å²) in [5, 5.41) is 8.04. The van der Waals surface area contributed by atoms with Crippen molar-refractivity contribution in [3.05, 3.63) is 35.9 Å². The minimum atomic E-state index is -0.913. The summed E-state index contributed by atoms with van der Waals surface area (Å²) in [6, 6.07) is 6.05. The molecule has 0 radical (unpaired) electrons. The molecule has 0 bridgehead atoms. The van der Waals surface area contributed by atoms with Gasteiger partial charge in [0.25, 0.3) is 0 Å². The third-order valence-corrected chi connectivity index (χ3v) is 5.69. The van der Waals surface area contributed by atoms with Crippen LogP contribution in [0.3, 0.4) is 0 Å². The number of nitrogens with two attached hydrogens (primary N) is 2. The number of carbonyl (C=O) groups excluding carboxylic acids is 4. The van der Waals surface area contributed by atoms with Crippen molar-refractivity contribution in [1.82, 2.24) is 16.0 Å². The minimum Gasteiger partial charge on any atom is -0.345 e. The number of amides is 3. The Morgan fingerprint density at radius 2 is 1.64 bits per heavy atom. The second-order valence-electron chi connectivity index (χ2n) is 8.43. The van der Waals surface area contributed by atoms with Crippen LogP contribution in [0.1, 0.15) is 52.0 Å². The summed E-state index contributed by atoms with van der Waals surface area (Å²) in [6.07, 6.45) is 3.63. The molecule has 0 fully saturated rings. The van der Waals surface area contributed by atoms with Gasteiger partial charge < -0.3 is 32.2 Å². The molecule has 9 heteroatoms. The molecule has 0 saturated heterocycles. The topological polar surface area (TPSA) is 156 Å². The molecule has 1 aromatic carbocycles. The van der Waals surface area contributed by atoms with Gasteiger partial charge in [-0.15, -0.1) is 0 Å². The highest BCUT2D eigenvalue weighted by atomic mass is 16.2. The van der Waals surface area contributed by atoms with Crippen molar-refractivity contribution in [2.24, 2.45) is 17.4 Å². The summed E-state index contributed by atoms with van der Waals surface area (Å²) < 4.78 is 0. The molecule has 5 unspecified atom stereocenters. The molecule has 1 aromatic rings. The average Bonchev–Trinajstić information content (AvgIpc) is 2.81. The lowest BCUT2D eigenvalue weighted by molar-refractivity contribution is -0.132. The van der Waals surface area contributed by atoms with Crippen LogP contribution in [0.4, 0.5) is 0 Å².